The molecule has 1 saturated heterocycles. The summed E-state index contributed by atoms with van der Waals surface area (Å²) in [5.41, 5.74) is 3.23. The summed E-state index contributed by atoms with van der Waals surface area (Å²) >= 11 is 0. The highest BCUT2D eigenvalue weighted by Gasteiger charge is 2.42. The SMILES string of the molecule is O=C([C@H]1Cc2ccccc2CN1S(=O)(=O)c1ccc2c(c1)OCCO2)N1CC[NH+](Cc2ccccc2)CC1. The third-order valence-corrected chi connectivity index (χ3v) is 9.54. The van der Waals surface area contributed by atoms with E-state index in [1.54, 1.807) is 6.07 Å². The Bertz CT molecular complexity index is 1420. The molecular weight excluding hydrogens is 502 g/mol. The van der Waals surface area contributed by atoms with Crippen LogP contribution in [0.15, 0.2) is 77.7 Å². The molecule has 1 fully saturated rings. The molecule has 0 saturated carbocycles. The Morgan fingerprint density at radius 1 is 0.868 bits per heavy atom. The lowest BCUT2D eigenvalue weighted by Gasteiger charge is -2.39. The van der Waals surface area contributed by atoms with Crippen LogP contribution < -0.4 is 14.4 Å². The Hall–Kier alpha value is -3.40. The molecule has 0 radical (unpaired) electrons. The predicted octanol–water partition coefficient (Wildman–Crippen LogP) is 1.50. The van der Waals surface area contributed by atoms with E-state index in [1.165, 1.54) is 26.9 Å². The Morgan fingerprint density at radius 2 is 1.55 bits per heavy atom. The molecule has 0 bridgehead atoms. The van der Waals surface area contributed by atoms with E-state index in [4.69, 9.17) is 9.47 Å². The van der Waals surface area contributed by atoms with Crippen LogP contribution in [0.4, 0.5) is 0 Å². The topological polar surface area (TPSA) is 80.6 Å². The van der Waals surface area contributed by atoms with Crippen LogP contribution in [-0.4, -0.2) is 69.0 Å². The van der Waals surface area contributed by atoms with Crippen LogP contribution in [0.25, 0.3) is 0 Å². The van der Waals surface area contributed by atoms with Crippen molar-refractivity contribution in [2.24, 2.45) is 0 Å². The Balaban J connectivity index is 1.24. The van der Waals surface area contributed by atoms with E-state index in [-0.39, 0.29) is 17.3 Å². The van der Waals surface area contributed by atoms with Crippen molar-refractivity contribution in [3.05, 3.63) is 89.5 Å². The van der Waals surface area contributed by atoms with Crippen LogP contribution >= 0.6 is 0 Å². The number of carbonyl (C=O) groups excluding carboxylic acids is 1. The van der Waals surface area contributed by atoms with Crippen molar-refractivity contribution in [2.45, 2.75) is 30.4 Å². The van der Waals surface area contributed by atoms with Crippen molar-refractivity contribution < 1.29 is 27.6 Å². The van der Waals surface area contributed by atoms with Gasteiger partial charge in [0.25, 0.3) is 0 Å². The maximum atomic E-state index is 14.0. The summed E-state index contributed by atoms with van der Waals surface area (Å²) in [6.45, 7) is 4.75. The zero-order valence-electron chi connectivity index (χ0n) is 21.2. The van der Waals surface area contributed by atoms with E-state index >= 15 is 0 Å². The molecule has 0 unspecified atom stereocenters. The first-order valence-electron chi connectivity index (χ1n) is 13.1. The number of sulfonamides is 1. The highest BCUT2D eigenvalue weighted by Crippen LogP contribution is 2.35. The third-order valence-electron chi connectivity index (χ3n) is 7.69. The molecule has 0 aromatic heterocycles. The van der Waals surface area contributed by atoms with Crippen molar-refractivity contribution in [2.75, 3.05) is 39.4 Å². The number of hydrogen-bond donors (Lipinski definition) is 1. The van der Waals surface area contributed by atoms with Crippen molar-refractivity contribution in [3.63, 3.8) is 0 Å². The number of quaternary nitrogens is 1. The van der Waals surface area contributed by atoms with Crippen LogP contribution in [0, 0.1) is 0 Å². The number of fused-ring (bicyclic) bond motifs is 2. The first-order chi connectivity index (χ1) is 18.5. The second-order valence-corrected chi connectivity index (χ2v) is 12.0. The number of rotatable bonds is 5. The highest BCUT2D eigenvalue weighted by molar-refractivity contribution is 7.89. The van der Waals surface area contributed by atoms with E-state index in [2.05, 4.69) is 12.1 Å². The van der Waals surface area contributed by atoms with Crippen LogP contribution in [0.1, 0.15) is 16.7 Å². The quantitative estimate of drug-likeness (QED) is 0.537. The first kappa shape index (κ1) is 24.9. The molecule has 3 aliphatic rings. The lowest BCUT2D eigenvalue weighted by Crippen LogP contribution is -3.13. The molecule has 3 heterocycles. The molecule has 0 aliphatic carbocycles. The third kappa shape index (κ3) is 4.89. The summed E-state index contributed by atoms with van der Waals surface area (Å²) in [5, 5.41) is 0. The molecule has 0 spiro atoms. The molecule has 3 aromatic rings. The Kier molecular flexibility index (Phi) is 6.82. The fraction of sp³-hybridized carbons (Fsp3) is 0.345. The van der Waals surface area contributed by atoms with Crippen LogP contribution in [-0.2, 0) is 34.3 Å². The minimum Gasteiger partial charge on any atom is -0.486 e. The number of nitrogens with zero attached hydrogens (tertiary/aromatic N) is 2. The Morgan fingerprint density at radius 3 is 2.32 bits per heavy atom. The number of benzene rings is 3. The Labute approximate surface area is 223 Å². The summed E-state index contributed by atoms with van der Waals surface area (Å²) in [4.78, 5) is 17.3. The van der Waals surface area contributed by atoms with Gasteiger partial charge in [0.2, 0.25) is 15.9 Å². The lowest BCUT2D eigenvalue weighted by molar-refractivity contribution is -0.917. The van der Waals surface area contributed by atoms with E-state index < -0.39 is 16.1 Å². The summed E-state index contributed by atoms with van der Waals surface area (Å²) < 4.78 is 40.6. The van der Waals surface area contributed by atoms with Gasteiger partial charge < -0.3 is 19.3 Å². The van der Waals surface area contributed by atoms with Gasteiger partial charge in [-0.15, -0.1) is 0 Å². The fourth-order valence-corrected chi connectivity index (χ4v) is 7.17. The number of ether oxygens (including phenoxy) is 2. The van der Waals surface area contributed by atoms with Gasteiger partial charge in [0.15, 0.2) is 11.5 Å². The minimum absolute atomic E-state index is 0.107. The van der Waals surface area contributed by atoms with Crippen LogP contribution in [0.2, 0.25) is 0 Å². The van der Waals surface area contributed by atoms with E-state index in [0.717, 1.165) is 30.8 Å². The van der Waals surface area contributed by atoms with Gasteiger partial charge in [-0.3, -0.25) is 4.79 Å². The molecule has 1 amide bonds. The maximum Gasteiger partial charge on any atom is 0.244 e. The summed E-state index contributed by atoms with van der Waals surface area (Å²) in [6, 6.07) is 22.0. The average Bonchev–Trinajstić information content (AvgIpc) is 2.97. The number of carbonyl (C=O) groups is 1. The molecule has 1 N–H and O–H groups in total. The average molecular weight is 535 g/mol. The van der Waals surface area contributed by atoms with Gasteiger partial charge in [-0.1, -0.05) is 54.6 Å². The van der Waals surface area contributed by atoms with Gasteiger partial charge in [0, 0.05) is 18.2 Å². The second kappa shape index (κ2) is 10.4. The van der Waals surface area contributed by atoms with Crippen molar-refractivity contribution in [3.8, 4) is 11.5 Å². The summed E-state index contributed by atoms with van der Waals surface area (Å²) in [5.74, 6) is 0.817. The molecule has 1 atom stereocenters. The standard InChI is InChI=1S/C29H31N3O5S/c33-29(31-14-12-30(13-15-31)20-22-6-2-1-3-7-22)26-18-23-8-4-5-9-24(23)21-32(26)38(34,35)25-10-11-27-28(19-25)37-17-16-36-27/h1-11,19,26H,12-18,20-21H2/p+1/t26-/m1/s1. The molecule has 8 nitrogen and oxygen atoms in total. The molecule has 38 heavy (non-hydrogen) atoms. The normalized spacial score (nSPS) is 20.1. The van der Waals surface area contributed by atoms with Crippen LogP contribution in [0.3, 0.4) is 0 Å². The maximum absolute atomic E-state index is 14.0. The molecule has 3 aromatic carbocycles. The first-order valence-corrected chi connectivity index (χ1v) is 14.6. The number of nitrogens with one attached hydrogen (secondary N) is 1. The van der Waals surface area contributed by atoms with Gasteiger partial charge in [-0.2, -0.15) is 4.31 Å². The van der Waals surface area contributed by atoms with Gasteiger partial charge >= 0.3 is 0 Å². The van der Waals surface area contributed by atoms with Gasteiger partial charge in [-0.05, 0) is 29.7 Å². The predicted molar refractivity (Wildman–Crippen MR) is 142 cm³/mol. The van der Waals surface area contributed by atoms with Crippen molar-refractivity contribution in [1.29, 1.82) is 0 Å². The number of piperazine rings is 1. The highest BCUT2D eigenvalue weighted by atomic mass is 32.2. The molecule has 3 aliphatic heterocycles. The monoisotopic (exact) mass is 534 g/mol. The zero-order valence-corrected chi connectivity index (χ0v) is 22.0. The summed E-state index contributed by atoms with van der Waals surface area (Å²) in [6.07, 6.45) is 0.357. The molecule has 6 rings (SSSR count). The van der Waals surface area contributed by atoms with Crippen LogP contribution in [0.5, 0.6) is 11.5 Å². The fourth-order valence-electron chi connectivity index (χ4n) is 5.60. The smallest absolute Gasteiger partial charge is 0.244 e. The molecular formula is C29H32N3O5S+. The van der Waals surface area contributed by atoms with E-state index in [9.17, 15) is 13.2 Å². The van der Waals surface area contributed by atoms with Crippen molar-refractivity contribution >= 4 is 15.9 Å². The lowest BCUT2D eigenvalue weighted by atomic mass is 9.95. The van der Waals surface area contributed by atoms with Crippen molar-refractivity contribution in [1.82, 2.24) is 9.21 Å². The second-order valence-electron chi connectivity index (χ2n) is 10.1. The number of amides is 1. The zero-order chi connectivity index (χ0) is 26.1. The number of hydrogen-bond acceptors (Lipinski definition) is 5. The molecule has 198 valence electrons. The van der Waals surface area contributed by atoms with Gasteiger partial charge in [-0.25, -0.2) is 8.42 Å². The van der Waals surface area contributed by atoms with Gasteiger partial charge in [0.05, 0.1) is 31.1 Å². The largest absolute Gasteiger partial charge is 0.486 e. The minimum atomic E-state index is -3.98. The van der Waals surface area contributed by atoms with E-state index in [0.29, 0.717) is 44.2 Å². The molecule has 9 heteroatoms. The van der Waals surface area contributed by atoms with Gasteiger partial charge in [0.1, 0.15) is 25.8 Å². The summed E-state index contributed by atoms with van der Waals surface area (Å²) in [7, 11) is -3.98. The van der Waals surface area contributed by atoms with E-state index in [1.807, 2.05) is 47.4 Å².